The van der Waals surface area contributed by atoms with E-state index in [9.17, 15) is 0 Å². The molecule has 0 spiro atoms. The lowest BCUT2D eigenvalue weighted by molar-refractivity contribution is -0.00569. The molecule has 0 aliphatic carbocycles. The Kier molecular flexibility index (Phi) is 5.04. The highest BCUT2D eigenvalue weighted by atomic mass is 32.1. The number of hydrogen-bond donors (Lipinski definition) is 1. The zero-order chi connectivity index (χ0) is 17.9. The molecule has 3 aromatic rings. The lowest BCUT2D eigenvalue weighted by Gasteiger charge is -2.35. The molecule has 1 aromatic carbocycles. The summed E-state index contributed by atoms with van der Waals surface area (Å²) in [4.78, 5) is 13.3. The second kappa shape index (κ2) is 7.60. The molecule has 3 heterocycles. The third-order valence-electron chi connectivity index (χ3n) is 4.54. The van der Waals surface area contributed by atoms with Gasteiger partial charge in [-0.3, -0.25) is 0 Å². The van der Waals surface area contributed by atoms with E-state index in [-0.39, 0.29) is 12.2 Å². The van der Waals surface area contributed by atoms with Crippen molar-refractivity contribution in [1.82, 2.24) is 9.97 Å². The number of ether oxygens (including phenoxy) is 1. The second-order valence-electron chi connectivity index (χ2n) is 6.81. The highest BCUT2D eigenvalue weighted by molar-refractivity contribution is 7.09. The SMILES string of the molecule is CC1CN(c2nc(NCCc3cccs3)c3ccccc3n2)CC(C)O1. The van der Waals surface area contributed by atoms with Gasteiger partial charge in [0.15, 0.2) is 0 Å². The molecule has 1 aliphatic rings. The first-order valence-corrected chi connectivity index (χ1v) is 10.0. The first-order valence-electron chi connectivity index (χ1n) is 9.12. The van der Waals surface area contributed by atoms with Crippen LogP contribution in [0.25, 0.3) is 10.9 Å². The first-order chi connectivity index (χ1) is 12.7. The largest absolute Gasteiger partial charge is 0.372 e. The number of benzene rings is 1. The van der Waals surface area contributed by atoms with Gasteiger partial charge in [-0.05, 0) is 43.8 Å². The maximum Gasteiger partial charge on any atom is 0.228 e. The Hall–Kier alpha value is -2.18. The molecule has 0 bridgehead atoms. The fourth-order valence-electron chi connectivity index (χ4n) is 3.44. The molecule has 2 unspecified atom stereocenters. The number of nitrogens with one attached hydrogen (secondary N) is 1. The number of hydrogen-bond acceptors (Lipinski definition) is 6. The van der Waals surface area contributed by atoms with Gasteiger partial charge in [0.25, 0.3) is 0 Å². The monoisotopic (exact) mass is 368 g/mol. The van der Waals surface area contributed by atoms with Crippen LogP contribution in [0.1, 0.15) is 18.7 Å². The number of morpholine rings is 1. The molecule has 2 aromatic heterocycles. The van der Waals surface area contributed by atoms with E-state index in [1.807, 2.05) is 12.1 Å². The van der Waals surface area contributed by atoms with Crippen LogP contribution < -0.4 is 10.2 Å². The molecular weight excluding hydrogens is 344 g/mol. The van der Waals surface area contributed by atoms with Gasteiger partial charge in [0.1, 0.15) is 5.82 Å². The van der Waals surface area contributed by atoms with Crippen molar-refractivity contribution in [3.05, 3.63) is 46.7 Å². The van der Waals surface area contributed by atoms with Crippen LogP contribution in [0.2, 0.25) is 0 Å². The predicted molar refractivity (Wildman–Crippen MR) is 108 cm³/mol. The van der Waals surface area contributed by atoms with Crippen molar-refractivity contribution in [3.63, 3.8) is 0 Å². The zero-order valence-corrected chi connectivity index (χ0v) is 16.0. The molecule has 0 radical (unpaired) electrons. The lowest BCUT2D eigenvalue weighted by Crippen LogP contribution is -2.46. The van der Waals surface area contributed by atoms with E-state index in [1.165, 1.54) is 4.88 Å². The molecule has 1 fully saturated rings. The summed E-state index contributed by atoms with van der Waals surface area (Å²) in [7, 11) is 0. The summed E-state index contributed by atoms with van der Waals surface area (Å²) in [5, 5.41) is 6.71. The molecular formula is C20H24N4OS. The van der Waals surface area contributed by atoms with Crippen LogP contribution in [0.3, 0.4) is 0 Å². The molecule has 1 N–H and O–H groups in total. The number of nitrogens with zero attached hydrogens (tertiary/aromatic N) is 3. The maximum absolute atomic E-state index is 5.85. The third-order valence-corrected chi connectivity index (χ3v) is 5.47. The van der Waals surface area contributed by atoms with E-state index in [0.717, 1.165) is 48.7 Å². The Balaban J connectivity index is 1.60. The van der Waals surface area contributed by atoms with Gasteiger partial charge >= 0.3 is 0 Å². The molecule has 0 amide bonds. The summed E-state index contributed by atoms with van der Waals surface area (Å²) in [6.07, 6.45) is 1.37. The summed E-state index contributed by atoms with van der Waals surface area (Å²) >= 11 is 1.79. The average Bonchev–Trinajstić information content (AvgIpc) is 3.14. The standard InChI is InChI=1S/C20H24N4OS/c1-14-12-24(13-15(2)25-14)20-22-18-8-4-3-7-17(18)19(23-20)21-10-9-16-6-5-11-26-16/h3-8,11,14-15H,9-10,12-13H2,1-2H3,(H,21,22,23). The van der Waals surface area contributed by atoms with Gasteiger partial charge in [-0.25, -0.2) is 4.98 Å². The minimum absolute atomic E-state index is 0.184. The smallest absolute Gasteiger partial charge is 0.228 e. The highest BCUT2D eigenvalue weighted by Gasteiger charge is 2.24. The van der Waals surface area contributed by atoms with Crippen LogP contribution >= 0.6 is 11.3 Å². The van der Waals surface area contributed by atoms with Crippen molar-refractivity contribution in [3.8, 4) is 0 Å². The Morgan fingerprint density at radius 1 is 1.12 bits per heavy atom. The number of rotatable bonds is 5. The topological polar surface area (TPSA) is 50.3 Å². The minimum atomic E-state index is 0.184. The van der Waals surface area contributed by atoms with Gasteiger partial charge in [-0.15, -0.1) is 11.3 Å². The van der Waals surface area contributed by atoms with Crippen LogP contribution in [-0.4, -0.2) is 41.8 Å². The van der Waals surface area contributed by atoms with Crippen LogP contribution in [0, 0.1) is 0 Å². The van der Waals surface area contributed by atoms with Crippen molar-refractivity contribution in [2.45, 2.75) is 32.5 Å². The summed E-state index contributed by atoms with van der Waals surface area (Å²) in [6.45, 7) is 6.69. The number of para-hydroxylation sites is 1. The predicted octanol–water partition coefficient (Wildman–Crippen LogP) is 3.96. The molecule has 1 saturated heterocycles. The van der Waals surface area contributed by atoms with Gasteiger partial charge < -0.3 is 15.0 Å². The van der Waals surface area contributed by atoms with E-state index in [1.54, 1.807) is 11.3 Å². The molecule has 6 heteroatoms. The van der Waals surface area contributed by atoms with Gasteiger partial charge in [-0.1, -0.05) is 18.2 Å². The fraction of sp³-hybridized carbons (Fsp3) is 0.400. The Bertz CT molecular complexity index is 857. The number of thiophene rings is 1. The molecule has 5 nitrogen and oxygen atoms in total. The zero-order valence-electron chi connectivity index (χ0n) is 15.2. The Morgan fingerprint density at radius 2 is 1.92 bits per heavy atom. The van der Waals surface area contributed by atoms with Gasteiger partial charge in [0, 0.05) is 29.9 Å². The summed E-state index contributed by atoms with van der Waals surface area (Å²) in [5.74, 6) is 1.69. The fourth-order valence-corrected chi connectivity index (χ4v) is 4.15. The van der Waals surface area contributed by atoms with Gasteiger partial charge in [-0.2, -0.15) is 4.98 Å². The second-order valence-corrected chi connectivity index (χ2v) is 7.84. The van der Waals surface area contributed by atoms with E-state index < -0.39 is 0 Å². The van der Waals surface area contributed by atoms with Crippen LogP contribution in [0.4, 0.5) is 11.8 Å². The molecule has 2 atom stereocenters. The van der Waals surface area contributed by atoms with Crippen LogP contribution in [0.15, 0.2) is 41.8 Å². The van der Waals surface area contributed by atoms with Crippen molar-refractivity contribution in [2.24, 2.45) is 0 Å². The van der Waals surface area contributed by atoms with Crippen molar-refractivity contribution < 1.29 is 4.74 Å². The highest BCUT2D eigenvalue weighted by Crippen LogP contribution is 2.25. The van der Waals surface area contributed by atoms with E-state index in [2.05, 4.69) is 53.7 Å². The third kappa shape index (κ3) is 3.81. The lowest BCUT2D eigenvalue weighted by atomic mass is 10.2. The van der Waals surface area contributed by atoms with Crippen molar-refractivity contribution in [2.75, 3.05) is 29.9 Å². The number of aromatic nitrogens is 2. The maximum atomic E-state index is 5.85. The quantitative estimate of drug-likeness (QED) is 0.739. The van der Waals surface area contributed by atoms with Gasteiger partial charge in [0.2, 0.25) is 5.95 Å². The van der Waals surface area contributed by atoms with E-state index in [0.29, 0.717) is 0 Å². The summed E-state index contributed by atoms with van der Waals surface area (Å²) in [6, 6.07) is 12.5. The van der Waals surface area contributed by atoms with Crippen LogP contribution in [-0.2, 0) is 11.2 Å². The molecule has 26 heavy (non-hydrogen) atoms. The summed E-state index contributed by atoms with van der Waals surface area (Å²) < 4.78 is 5.85. The van der Waals surface area contributed by atoms with E-state index >= 15 is 0 Å². The van der Waals surface area contributed by atoms with Crippen molar-refractivity contribution >= 4 is 34.0 Å². The van der Waals surface area contributed by atoms with Gasteiger partial charge in [0.05, 0.1) is 17.7 Å². The van der Waals surface area contributed by atoms with E-state index in [4.69, 9.17) is 14.7 Å². The first kappa shape index (κ1) is 17.2. The average molecular weight is 369 g/mol. The molecule has 0 saturated carbocycles. The Labute approximate surface area is 158 Å². The molecule has 1 aliphatic heterocycles. The molecule has 4 rings (SSSR count). The summed E-state index contributed by atoms with van der Waals surface area (Å²) in [5.41, 5.74) is 0.975. The number of anilines is 2. The van der Waals surface area contributed by atoms with Crippen LogP contribution in [0.5, 0.6) is 0 Å². The van der Waals surface area contributed by atoms with Crippen molar-refractivity contribution in [1.29, 1.82) is 0 Å². The minimum Gasteiger partial charge on any atom is -0.372 e. The normalized spacial score (nSPS) is 20.5. The Morgan fingerprint density at radius 3 is 2.69 bits per heavy atom. The molecule has 136 valence electrons. The number of fused-ring (bicyclic) bond motifs is 1.